The smallest absolute Gasteiger partial charge is 0.0638 e. The number of hydrogen-bond donors (Lipinski definition) is 1. The van der Waals surface area contributed by atoms with E-state index in [1.54, 1.807) is 0 Å². The van der Waals surface area contributed by atoms with Gasteiger partial charge in [0.15, 0.2) is 0 Å². The van der Waals surface area contributed by atoms with Crippen LogP contribution in [0.25, 0.3) is 0 Å². The van der Waals surface area contributed by atoms with E-state index in [1.165, 1.54) is 19.4 Å². The lowest BCUT2D eigenvalue weighted by Gasteiger charge is -2.17. The van der Waals surface area contributed by atoms with Gasteiger partial charge in [-0.05, 0) is 32.7 Å². The van der Waals surface area contributed by atoms with Crippen LogP contribution in [0.5, 0.6) is 0 Å². The lowest BCUT2D eigenvalue weighted by Crippen LogP contribution is -2.28. The fourth-order valence-corrected chi connectivity index (χ4v) is 1.27. The zero-order chi connectivity index (χ0) is 7.56. The third-order valence-corrected chi connectivity index (χ3v) is 1.84. The zero-order valence-corrected chi connectivity index (χ0v) is 6.88. The fourth-order valence-electron chi connectivity index (χ4n) is 1.27. The second-order valence-corrected chi connectivity index (χ2v) is 3.51. The largest absolute Gasteiger partial charge is 0.392 e. The Morgan fingerprint density at radius 3 is 2.60 bits per heavy atom. The van der Waals surface area contributed by atoms with Crippen molar-refractivity contribution in [1.82, 2.24) is 4.90 Å². The molecule has 0 bridgehead atoms. The molecule has 2 nitrogen and oxygen atoms in total. The number of nitrogens with zero attached hydrogens (tertiary/aromatic N) is 1. The first-order chi connectivity index (χ1) is 4.68. The van der Waals surface area contributed by atoms with Crippen molar-refractivity contribution in [3.05, 3.63) is 0 Å². The molecule has 0 aromatic carbocycles. The molecule has 0 aromatic rings. The van der Waals surface area contributed by atoms with Crippen molar-refractivity contribution in [2.24, 2.45) is 5.92 Å². The maximum Gasteiger partial charge on any atom is 0.0638 e. The minimum atomic E-state index is -0.177. The van der Waals surface area contributed by atoms with Crippen LogP contribution in [0, 0.1) is 5.92 Å². The first-order valence-electron chi connectivity index (χ1n) is 4.05. The van der Waals surface area contributed by atoms with Gasteiger partial charge in [-0.2, -0.15) is 0 Å². The van der Waals surface area contributed by atoms with Crippen molar-refractivity contribution < 1.29 is 5.11 Å². The number of hydrogen-bond acceptors (Lipinski definition) is 2. The average molecular weight is 143 g/mol. The van der Waals surface area contributed by atoms with Gasteiger partial charge in [0.1, 0.15) is 0 Å². The standard InChI is InChI=1S/C8H17NO/c1-7(10)5-9(2)6-8-3-4-8/h7-8,10H,3-6H2,1-2H3/t7-/m1/s1. The summed E-state index contributed by atoms with van der Waals surface area (Å²) in [6.45, 7) is 3.82. The normalized spacial score (nSPS) is 21.6. The molecule has 1 saturated carbocycles. The van der Waals surface area contributed by atoms with Crippen LogP contribution in [-0.4, -0.2) is 36.2 Å². The first-order valence-corrected chi connectivity index (χ1v) is 4.05. The summed E-state index contributed by atoms with van der Waals surface area (Å²) in [5.41, 5.74) is 0. The van der Waals surface area contributed by atoms with Crippen LogP contribution < -0.4 is 0 Å². The summed E-state index contributed by atoms with van der Waals surface area (Å²) in [5, 5.41) is 9.01. The highest BCUT2D eigenvalue weighted by Crippen LogP contribution is 2.29. The molecule has 2 heteroatoms. The number of aliphatic hydroxyl groups is 1. The lowest BCUT2D eigenvalue weighted by atomic mass is 10.3. The second-order valence-electron chi connectivity index (χ2n) is 3.51. The van der Waals surface area contributed by atoms with Crippen molar-refractivity contribution in [1.29, 1.82) is 0 Å². The van der Waals surface area contributed by atoms with E-state index in [0.29, 0.717) is 0 Å². The Morgan fingerprint density at radius 2 is 2.20 bits per heavy atom. The molecule has 10 heavy (non-hydrogen) atoms. The van der Waals surface area contributed by atoms with Gasteiger partial charge in [0, 0.05) is 13.1 Å². The molecule has 0 unspecified atom stereocenters. The van der Waals surface area contributed by atoms with Gasteiger partial charge < -0.3 is 10.0 Å². The Bertz CT molecular complexity index is 95.4. The average Bonchev–Trinajstić information content (AvgIpc) is 2.46. The van der Waals surface area contributed by atoms with Crippen molar-refractivity contribution in [3.63, 3.8) is 0 Å². The Kier molecular flexibility index (Phi) is 2.69. The Balaban J connectivity index is 2.02. The molecule has 0 aromatic heterocycles. The highest BCUT2D eigenvalue weighted by atomic mass is 16.3. The third kappa shape index (κ3) is 3.18. The molecule has 1 atom stereocenters. The highest BCUT2D eigenvalue weighted by Gasteiger charge is 2.22. The molecule has 1 aliphatic rings. The summed E-state index contributed by atoms with van der Waals surface area (Å²) in [7, 11) is 2.07. The number of aliphatic hydroxyl groups excluding tert-OH is 1. The SMILES string of the molecule is C[C@@H](O)CN(C)CC1CC1. The highest BCUT2D eigenvalue weighted by molar-refractivity contribution is 4.76. The molecule has 1 aliphatic carbocycles. The molecule has 0 saturated heterocycles. The van der Waals surface area contributed by atoms with Gasteiger partial charge in [-0.1, -0.05) is 0 Å². The second kappa shape index (κ2) is 3.35. The van der Waals surface area contributed by atoms with E-state index in [-0.39, 0.29) is 6.10 Å². The summed E-state index contributed by atoms with van der Waals surface area (Å²) in [4.78, 5) is 2.21. The monoisotopic (exact) mass is 143 g/mol. The third-order valence-electron chi connectivity index (χ3n) is 1.84. The first kappa shape index (κ1) is 8.02. The molecule has 0 spiro atoms. The number of likely N-dealkylation sites (N-methyl/N-ethyl adjacent to an activating group) is 1. The maximum absolute atomic E-state index is 9.01. The molecular weight excluding hydrogens is 126 g/mol. The molecule has 1 rings (SSSR count). The number of rotatable bonds is 4. The summed E-state index contributed by atoms with van der Waals surface area (Å²) < 4.78 is 0. The van der Waals surface area contributed by atoms with E-state index in [1.807, 2.05) is 6.92 Å². The van der Waals surface area contributed by atoms with Crippen LogP contribution in [0.15, 0.2) is 0 Å². The van der Waals surface area contributed by atoms with Crippen LogP contribution in [0.4, 0.5) is 0 Å². The van der Waals surface area contributed by atoms with Gasteiger partial charge in [-0.25, -0.2) is 0 Å². The predicted octanol–water partition coefficient (Wildman–Crippen LogP) is 0.709. The molecule has 0 amide bonds. The quantitative estimate of drug-likeness (QED) is 0.626. The van der Waals surface area contributed by atoms with Crippen molar-refractivity contribution >= 4 is 0 Å². The maximum atomic E-state index is 9.01. The molecule has 1 fully saturated rings. The van der Waals surface area contributed by atoms with E-state index in [9.17, 15) is 0 Å². The van der Waals surface area contributed by atoms with Crippen LogP contribution in [0.3, 0.4) is 0 Å². The van der Waals surface area contributed by atoms with E-state index < -0.39 is 0 Å². The summed E-state index contributed by atoms with van der Waals surface area (Å²) in [6, 6.07) is 0. The Morgan fingerprint density at radius 1 is 1.60 bits per heavy atom. The van der Waals surface area contributed by atoms with E-state index in [0.717, 1.165) is 12.5 Å². The van der Waals surface area contributed by atoms with E-state index in [4.69, 9.17) is 5.11 Å². The minimum Gasteiger partial charge on any atom is -0.392 e. The molecule has 0 aliphatic heterocycles. The topological polar surface area (TPSA) is 23.5 Å². The van der Waals surface area contributed by atoms with E-state index >= 15 is 0 Å². The van der Waals surface area contributed by atoms with Crippen molar-refractivity contribution in [3.8, 4) is 0 Å². The fraction of sp³-hybridized carbons (Fsp3) is 1.00. The minimum absolute atomic E-state index is 0.177. The molecule has 0 heterocycles. The van der Waals surface area contributed by atoms with Crippen LogP contribution in [-0.2, 0) is 0 Å². The lowest BCUT2D eigenvalue weighted by molar-refractivity contribution is 0.139. The molecule has 1 N–H and O–H groups in total. The molecule has 0 radical (unpaired) electrons. The summed E-state index contributed by atoms with van der Waals surface area (Å²) in [5.74, 6) is 0.934. The van der Waals surface area contributed by atoms with Gasteiger partial charge in [0.25, 0.3) is 0 Å². The van der Waals surface area contributed by atoms with Gasteiger partial charge in [-0.15, -0.1) is 0 Å². The summed E-state index contributed by atoms with van der Waals surface area (Å²) >= 11 is 0. The zero-order valence-electron chi connectivity index (χ0n) is 6.88. The Labute approximate surface area is 62.8 Å². The Hall–Kier alpha value is -0.0800. The van der Waals surface area contributed by atoms with Gasteiger partial charge in [0.05, 0.1) is 6.10 Å². The molecular formula is C8H17NO. The van der Waals surface area contributed by atoms with Crippen molar-refractivity contribution in [2.75, 3.05) is 20.1 Å². The van der Waals surface area contributed by atoms with Crippen LogP contribution in [0.2, 0.25) is 0 Å². The summed E-state index contributed by atoms with van der Waals surface area (Å²) in [6.07, 6.45) is 2.61. The van der Waals surface area contributed by atoms with E-state index in [2.05, 4.69) is 11.9 Å². The van der Waals surface area contributed by atoms with Crippen LogP contribution in [0.1, 0.15) is 19.8 Å². The van der Waals surface area contributed by atoms with Crippen LogP contribution >= 0.6 is 0 Å². The van der Waals surface area contributed by atoms with Gasteiger partial charge in [-0.3, -0.25) is 0 Å². The van der Waals surface area contributed by atoms with Gasteiger partial charge in [0.2, 0.25) is 0 Å². The van der Waals surface area contributed by atoms with Crippen molar-refractivity contribution in [2.45, 2.75) is 25.9 Å². The van der Waals surface area contributed by atoms with Gasteiger partial charge >= 0.3 is 0 Å². The molecule has 60 valence electrons. The predicted molar refractivity (Wildman–Crippen MR) is 41.9 cm³/mol.